The number of hydrogen-bond acceptors (Lipinski definition) is 2. The van der Waals surface area contributed by atoms with Gasteiger partial charge in [-0.25, -0.2) is 4.98 Å². The number of halogens is 1. The van der Waals surface area contributed by atoms with Crippen molar-refractivity contribution in [2.75, 3.05) is 5.73 Å². The summed E-state index contributed by atoms with van der Waals surface area (Å²) < 4.78 is 0.962. The van der Waals surface area contributed by atoms with Crippen LogP contribution >= 0.6 is 15.9 Å². The fourth-order valence-electron chi connectivity index (χ4n) is 2.41. The lowest BCUT2D eigenvalue weighted by Crippen LogP contribution is -1.94. The highest BCUT2D eigenvalue weighted by Crippen LogP contribution is 2.25. The second kappa shape index (κ2) is 4.94. The first kappa shape index (κ1) is 13.2. The third kappa shape index (κ3) is 2.43. The fraction of sp³-hybridized carbons (Fsp3) is 0.188. The first-order chi connectivity index (χ1) is 9.52. The Balaban J connectivity index is 2.03. The smallest absolute Gasteiger partial charge is 0.112 e. The summed E-state index contributed by atoms with van der Waals surface area (Å²) in [6.07, 6.45) is 0.791. The largest absolute Gasteiger partial charge is 0.397 e. The van der Waals surface area contributed by atoms with Gasteiger partial charge in [-0.15, -0.1) is 0 Å². The van der Waals surface area contributed by atoms with Gasteiger partial charge < -0.3 is 10.7 Å². The van der Waals surface area contributed by atoms with Crippen molar-refractivity contribution in [2.45, 2.75) is 20.3 Å². The highest BCUT2D eigenvalue weighted by atomic mass is 79.9. The zero-order valence-electron chi connectivity index (χ0n) is 11.5. The van der Waals surface area contributed by atoms with Crippen LogP contribution in [0.4, 0.5) is 5.69 Å². The van der Waals surface area contributed by atoms with Gasteiger partial charge in [0.15, 0.2) is 0 Å². The molecule has 0 aliphatic carbocycles. The minimum absolute atomic E-state index is 0.692. The number of aromatic amines is 1. The molecular weight excluding hydrogens is 314 g/mol. The summed E-state index contributed by atoms with van der Waals surface area (Å²) in [5, 5.41) is 0. The summed E-state index contributed by atoms with van der Waals surface area (Å²) in [5.41, 5.74) is 12.4. The van der Waals surface area contributed by atoms with Gasteiger partial charge in [-0.2, -0.15) is 0 Å². The minimum atomic E-state index is 0.692. The number of aryl methyl sites for hydroxylation is 2. The fourth-order valence-corrected chi connectivity index (χ4v) is 2.89. The molecule has 2 aromatic carbocycles. The number of rotatable bonds is 2. The summed E-state index contributed by atoms with van der Waals surface area (Å²) in [7, 11) is 0. The van der Waals surface area contributed by atoms with Crippen molar-refractivity contribution in [3.05, 3.63) is 57.3 Å². The molecule has 0 amide bonds. The summed E-state index contributed by atoms with van der Waals surface area (Å²) in [5.74, 6) is 0.943. The molecular formula is C16H16BrN3. The molecule has 0 fully saturated rings. The molecule has 3 aromatic rings. The van der Waals surface area contributed by atoms with Crippen LogP contribution in [0.5, 0.6) is 0 Å². The second-order valence-electron chi connectivity index (χ2n) is 5.18. The Hall–Kier alpha value is -1.81. The molecule has 0 spiro atoms. The Bertz CT molecular complexity index is 790. The van der Waals surface area contributed by atoms with Crippen LogP contribution in [0.25, 0.3) is 11.0 Å². The molecule has 3 nitrogen and oxygen atoms in total. The van der Waals surface area contributed by atoms with Gasteiger partial charge in [0.25, 0.3) is 0 Å². The number of nitrogens with one attached hydrogen (secondary N) is 1. The van der Waals surface area contributed by atoms with Gasteiger partial charge in [0, 0.05) is 10.9 Å². The van der Waals surface area contributed by atoms with Gasteiger partial charge in [-0.1, -0.05) is 39.7 Å². The van der Waals surface area contributed by atoms with E-state index in [2.05, 4.69) is 57.9 Å². The van der Waals surface area contributed by atoms with Gasteiger partial charge in [0.1, 0.15) is 11.3 Å². The van der Waals surface area contributed by atoms with E-state index < -0.39 is 0 Å². The Morgan fingerprint density at radius 3 is 2.80 bits per heavy atom. The minimum Gasteiger partial charge on any atom is -0.397 e. The molecule has 0 bridgehead atoms. The molecule has 3 N–H and O–H groups in total. The average molecular weight is 330 g/mol. The quantitative estimate of drug-likeness (QED) is 0.695. The summed E-state index contributed by atoms with van der Waals surface area (Å²) >= 11 is 3.45. The molecule has 20 heavy (non-hydrogen) atoms. The van der Waals surface area contributed by atoms with Crippen molar-refractivity contribution in [1.29, 1.82) is 0 Å². The number of imidazole rings is 1. The predicted molar refractivity (Wildman–Crippen MR) is 86.9 cm³/mol. The van der Waals surface area contributed by atoms with Crippen LogP contribution in [0.2, 0.25) is 0 Å². The summed E-state index contributed by atoms with van der Waals surface area (Å²) in [4.78, 5) is 7.97. The number of anilines is 1. The van der Waals surface area contributed by atoms with E-state index in [-0.39, 0.29) is 0 Å². The topological polar surface area (TPSA) is 54.7 Å². The summed E-state index contributed by atoms with van der Waals surface area (Å²) in [6, 6.07) is 10.4. The third-order valence-electron chi connectivity index (χ3n) is 3.49. The molecule has 0 atom stereocenters. The Morgan fingerprint density at radius 2 is 2.00 bits per heavy atom. The molecule has 0 radical (unpaired) electrons. The molecule has 0 saturated heterocycles. The van der Waals surface area contributed by atoms with Crippen LogP contribution in [0, 0.1) is 13.8 Å². The molecule has 0 aliphatic rings. The molecule has 1 aromatic heterocycles. The molecule has 4 heteroatoms. The standard InChI is InChI=1S/C16H16BrN3/c1-9-3-4-10(2)11(5-9)6-15-19-14-8-12(17)7-13(18)16(14)20-15/h3-5,7-8H,6,18H2,1-2H3,(H,19,20). The SMILES string of the molecule is Cc1ccc(C)c(Cc2nc3c(N)cc(Br)cc3[nH]2)c1. The number of nitrogens with two attached hydrogens (primary N) is 1. The van der Waals surface area contributed by atoms with Crippen LogP contribution in [0.1, 0.15) is 22.5 Å². The normalized spacial score (nSPS) is 11.2. The number of benzene rings is 2. The van der Waals surface area contributed by atoms with E-state index in [1.54, 1.807) is 0 Å². The second-order valence-corrected chi connectivity index (χ2v) is 6.10. The van der Waals surface area contributed by atoms with E-state index in [4.69, 9.17) is 5.73 Å². The van der Waals surface area contributed by atoms with Crippen LogP contribution in [0.15, 0.2) is 34.8 Å². The maximum Gasteiger partial charge on any atom is 0.112 e. The van der Waals surface area contributed by atoms with E-state index in [1.807, 2.05) is 12.1 Å². The van der Waals surface area contributed by atoms with E-state index >= 15 is 0 Å². The third-order valence-corrected chi connectivity index (χ3v) is 3.95. The number of H-pyrrole nitrogens is 1. The number of nitrogen functional groups attached to an aromatic ring is 1. The van der Waals surface area contributed by atoms with Gasteiger partial charge in [0.05, 0.1) is 11.2 Å². The lowest BCUT2D eigenvalue weighted by molar-refractivity contribution is 1.02. The van der Waals surface area contributed by atoms with Crippen molar-refractivity contribution >= 4 is 32.7 Å². The van der Waals surface area contributed by atoms with Crippen molar-refractivity contribution in [3.63, 3.8) is 0 Å². The first-order valence-corrected chi connectivity index (χ1v) is 7.32. The number of nitrogens with zero attached hydrogens (tertiary/aromatic N) is 1. The van der Waals surface area contributed by atoms with Gasteiger partial charge in [-0.05, 0) is 37.1 Å². The maximum absolute atomic E-state index is 6.01. The lowest BCUT2D eigenvalue weighted by Gasteiger charge is -2.04. The molecule has 1 heterocycles. The van der Waals surface area contributed by atoms with E-state index in [1.165, 1.54) is 16.7 Å². The predicted octanol–water partition coefficient (Wildman–Crippen LogP) is 4.12. The molecule has 102 valence electrons. The molecule has 0 saturated carbocycles. The Labute approximate surface area is 126 Å². The zero-order valence-corrected chi connectivity index (χ0v) is 13.1. The highest BCUT2D eigenvalue weighted by Gasteiger charge is 2.09. The maximum atomic E-state index is 6.01. The number of hydrogen-bond donors (Lipinski definition) is 2. The first-order valence-electron chi connectivity index (χ1n) is 6.52. The van der Waals surface area contributed by atoms with Crippen molar-refractivity contribution < 1.29 is 0 Å². The van der Waals surface area contributed by atoms with Crippen molar-refractivity contribution in [2.24, 2.45) is 0 Å². The van der Waals surface area contributed by atoms with Crippen molar-refractivity contribution in [1.82, 2.24) is 9.97 Å². The van der Waals surface area contributed by atoms with Gasteiger partial charge in [-0.3, -0.25) is 0 Å². The number of aromatic nitrogens is 2. The molecule has 0 unspecified atom stereocenters. The molecule has 3 rings (SSSR count). The average Bonchev–Trinajstić information content (AvgIpc) is 2.76. The van der Waals surface area contributed by atoms with E-state index in [9.17, 15) is 0 Å². The summed E-state index contributed by atoms with van der Waals surface area (Å²) in [6.45, 7) is 4.24. The van der Waals surface area contributed by atoms with Crippen molar-refractivity contribution in [3.8, 4) is 0 Å². The Kier molecular flexibility index (Phi) is 3.26. The molecule has 0 aliphatic heterocycles. The van der Waals surface area contributed by atoms with E-state index in [0.717, 1.165) is 27.8 Å². The van der Waals surface area contributed by atoms with Crippen LogP contribution in [-0.4, -0.2) is 9.97 Å². The lowest BCUT2D eigenvalue weighted by atomic mass is 10.0. The van der Waals surface area contributed by atoms with Gasteiger partial charge in [0.2, 0.25) is 0 Å². The Morgan fingerprint density at radius 1 is 1.20 bits per heavy atom. The monoisotopic (exact) mass is 329 g/mol. The number of fused-ring (bicyclic) bond motifs is 1. The van der Waals surface area contributed by atoms with Crippen LogP contribution < -0.4 is 5.73 Å². The zero-order chi connectivity index (χ0) is 14.3. The van der Waals surface area contributed by atoms with Crippen LogP contribution in [0.3, 0.4) is 0 Å². The van der Waals surface area contributed by atoms with E-state index in [0.29, 0.717) is 5.69 Å². The van der Waals surface area contributed by atoms with Crippen LogP contribution in [-0.2, 0) is 6.42 Å². The highest BCUT2D eigenvalue weighted by molar-refractivity contribution is 9.10. The van der Waals surface area contributed by atoms with Gasteiger partial charge >= 0.3 is 0 Å².